The van der Waals surface area contributed by atoms with E-state index in [-0.39, 0.29) is 11.9 Å². The maximum Gasteiger partial charge on any atom is 0.265 e. The number of nitrogens with two attached hydrogens (primary N) is 1. The Labute approximate surface area is 125 Å². The zero-order valence-electron chi connectivity index (χ0n) is 13.0. The first-order valence-corrected chi connectivity index (χ1v) is 7.97. The van der Waals surface area contributed by atoms with Gasteiger partial charge in [0.15, 0.2) is 5.13 Å². The second-order valence-electron chi connectivity index (χ2n) is 5.74. The van der Waals surface area contributed by atoms with Crippen LogP contribution >= 0.6 is 11.3 Å². The fourth-order valence-corrected chi connectivity index (χ4v) is 2.63. The molecule has 1 aromatic rings. The molecule has 0 saturated carbocycles. The number of carbonyl (C=O) groups excluding carboxylic acids is 1. The largest absolute Gasteiger partial charge is 0.382 e. The van der Waals surface area contributed by atoms with Gasteiger partial charge in [0, 0.05) is 12.6 Å². The van der Waals surface area contributed by atoms with Gasteiger partial charge in [-0.3, -0.25) is 4.79 Å². The van der Waals surface area contributed by atoms with E-state index in [0.717, 1.165) is 13.0 Å². The molecule has 0 radical (unpaired) electrons. The van der Waals surface area contributed by atoms with Gasteiger partial charge in [-0.15, -0.1) is 0 Å². The molecule has 0 spiro atoms. The average Bonchev–Trinajstić information content (AvgIpc) is 2.74. The van der Waals surface area contributed by atoms with Crippen molar-refractivity contribution >= 4 is 28.2 Å². The molecule has 20 heavy (non-hydrogen) atoms. The molecule has 1 unspecified atom stereocenters. The van der Waals surface area contributed by atoms with E-state index < -0.39 is 0 Å². The standard InChI is InChI=1S/C14H26N4OS/c1-6-10(9(4)5)17-13(19)11-12(15)18-14(20-11)16-7-8(2)3/h8-10H,6-7,15H2,1-5H3,(H,16,18)(H,17,19). The lowest BCUT2D eigenvalue weighted by Crippen LogP contribution is -2.37. The van der Waals surface area contributed by atoms with Gasteiger partial charge in [0.2, 0.25) is 0 Å². The zero-order valence-corrected chi connectivity index (χ0v) is 13.8. The molecule has 4 N–H and O–H groups in total. The number of hydrogen-bond donors (Lipinski definition) is 3. The number of nitrogen functional groups attached to an aromatic ring is 1. The number of nitrogens with zero attached hydrogens (tertiary/aromatic N) is 1. The summed E-state index contributed by atoms with van der Waals surface area (Å²) in [6, 6.07) is 0.163. The Hall–Kier alpha value is -1.30. The minimum Gasteiger partial charge on any atom is -0.382 e. The van der Waals surface area contributed by atoms with Gasteiger partial charge in [-0.25, -0.2) is 4.98 Å². The van der Waals surface area contributed by atoms with Crippen LogP contribution in [0.15, 0.2) is 0 Å². The first kappa shape index (κ1) is 16.8. The molecule has 6 heteroatoms. The van der Waals surface area contributed by atoms with Gasteiger partial charge in [-0.2, -0.15) is 0 Å². The van der Waals surface area contributed by atoms with Gasteiger partial charge in [0.05, 0.1) is 0 Å². The van der Waals surface area contributed by atoms with Crippen molar-refractivity contribution < 1.29 is 4.79 Å². The molecule has 0 bridgehead atoms. The van der Waals surface area contributed by atoms with Gasteiger partial charge in [-0.05, 0) is 18.3 Å². The zero-order chi connectivity index (χ0) is 15.3. The summed E-state index contributed by atoms with van der Waals surface area (Å²) in [5, 5.41) is 6.93. The van der Waals surface area contributed by atoms with Gasteiger partial charge < -0.3 is 16.4 Å². The van der Waals surface area contributed by atoms with Crippen LogP contribution in [0.4, 0.5) is 10.9 Å². The van der Waals surface area contributed by atoms with E-state index >= 15 is 0 Å². The predicted octanol–water partition coefficient (Wildman–Crippen LogP) is 2.96. The van der Waals surface area contributed by atoms with Crippen LogP contribution in [0.25, 0.3) is 0 Å². The van der Waals surface area contributed by atoms with E-state index in [1.54, 1.807) is 0 Å². The lowest BCUT2D eigenvalue weighted by atomic mass is 10.0. The molecule has 5 nitrogen and oxygen atoms in total. The lowest BCUT2D eigenvalue weighted by Gasteiger charge is -2.20. The highest BCUT2D eigenvalue weighted by molar-refractivity contribution is 7.18. The average molecular weight is 298 g/mol. The van der Waals surface area contributed by atoms with Gasteiger partial charge in [0.1, 0.15) is 10.7 Å². The van der Waals surface area contributed by atoms with Crippen LogP contribution in [0, 0.1) is 11.8 Å². The second-order valence-corrected chi connectivity index (χ2v) is 6.74. The summed E-state index contributed by atoms with van der Waals surface area (Å²) < 4.78 is 0. The first-order chi connectivity index (χ1) is 9.35. The Morgan fingerprint density at radius 2 is 2.00 bits per heavy atom. The molecule has 0 aliphatic rings. The summed E-state index contributed by atoms with van der Waals surface area (Å²) in [5.41, 5.74) is 5.84. The van der Waals surface area contributed by atoms with E-state index in [1.165, 1.54) is 11.3 Å². The summed E-state index contributed by atoms with van der Waals surface area (Å²) in [6.07, 6.45) is 0.903. The third-order valence-corrected chi connectivity index (χ3v) is 4.11. The normalized spacial score (nSPS) is 12.8. The molecule has 1 rings (SSSR count). The minimum absolute atomic E-state index is 0.127. The summed E-state index contributed by atoms with van der Waals surface area (Å²) in [7, 11) is 0. The van der Waals surface area contributed by atoms with Crippen molar-refractivity contribution in [3.63, 3.8) is 0 Å². The van der Waals surface area contributed by atoms with Crippen LogP contribution in [0.3, 0.4) is 0 Å². The molecule has 1 heterocycles. The fourth-order valence-electron chi connectivity index (χ4n) is 1.84. The first-order valence-electron chi connectivity index (χ1n) is 7.16. The molecule has 1 aromatic heterocycles. The van der Waals surface area contributed by atoms with E-state index in [4.69, 9.17) is 5.73 Å². The van der Waals surface area contributed by atoms with E-state index in [0.29, 0.717) is 27.7 Å². The van der Waals surface area contributed by atoms with Crippen molar-refractivity contribution in [1.82, 2.24) is 10.3 Å². The monoisotopic (exact) mass is 298 g/mol. The number of hydrogen-bond acceptors (Lipinski definition) is 5. The quantitative estimate of drug-likeness (QED) is 0.723. The van der Waals surface area contributed by atoms with Crippen LogP contribution in [0.5, 0.6) is 0 Å². The molecular formula is C14H26N4OS. The Bertz CT molecular complexity index is 442. The van der Waals surface area contributed by atoms with Gasteiger partial charge in [0.25, 0.3) is 5.91 Å². The van der Waals surface area contributed by atoms with Gasteiger partial charge >= 0.3 is 0 Å². The highest BCUT2D eigenvalue weighted by atomic mass is 32.1. The Morgan fingerprint density at radius 3 is 2.50 bits per heavy atom. The number of carbonyl (C=O) groups is 1. The molecule has 0 aliphatic carbocycles. The van der Waals surface area contributed by atoms with Crippen molar-refractivity contribution in [3.8, 4) is 0 Å². The lowest BCUT2D eigenvalue weighted by molar-refractivity contribution is 0.0929. The predicted molar refractivity (Wildman–Crippen MR) is 86.2 cm³/mol. The van der Waals surface area contributed by atoms with Crippen LogP contribution in [-0.2, 0) is 0 Å². The number of anilines is 2. The number of thiazole rings is 1. The third kappa shape index (κ3) is 4.67. The number of amides is 1. The SMILES string of the molecule is CCC(NC(=O)c1sc(NCC(C)C)nc1N)C(C)C. The maximum atomic E-state index is 12.2. The van der Waals surface area contributed by atoms with Crippen molar-refractivity contribution in [2.24, 2.45) is 11.8 Å². The fraction of sp³-hybridized carbons (Fsp3) is 0.714. The Morgan fingerprint density at radius 1 is 1.35 bits per heavy atom. The Kier molecular flexibility index (Phi) is 6.26. The minimum atomic E-state index is -0.127. The summed E-state index contributed by atoms with van der Waals surface area (Å²) >= 11 is 1.31. The number of aromatic nitrogens is 1. The van der Waals surface area contributed by atoms with Crippen molar-refractivity contribution in [2.75, 3.05) is 17.6 Å². The highest BCUT2D eigenvalue weighted by Gasteiger charge is 2.20. The summed E-state index contributed by atoms with van der Waals surface area (Å²) in [4.78, 5) is 16.9. The Balaban J connectivity index is 2.73. The maximum absolute atomic E-state index is 12.2. The molecule has 0 saturated heterocycles. The van der Waals surface area contributed by atoms with Crippen molar-refractivity contribution in [3.05, 3.63) is 4.88 Å². The third-order valence-electron chi connectivity index (χ3n) is 3.08. The second kappa shape index (κ2) is 7.47. The van der Waals surface area contributed by atoms with E-state index in [2.05, 4.69) is 50.2 Å². The molecule has 114 valence electrons. The molecule has 0 aliphatic heterocycles. The van der Waals surface area contributed by atoms with Crippen molar-refractivity contribution in [1.29, 1.82) is 0 Å². The summed E-state index contributed by atoms with van der Waals surface area (Å²) in [6.45, 7) is 11.3. The molecule has 0 fully saturated rings. The van der Waals surface area contributed by atoms with Crippen LogP contribution in [-0.4, -0.2) is 23.5 Å². The molecule has 1 amide bonds. The highest BCUT2D eigenvalue weighted by Crippen LogP contribution is 2.25. The van der Waals surface area contributed by atoms with Crippen LogP contribution < -0.4 is 16.4 Å². The van der Waals surface area contributed by atoms with E-state index in [9.17, 15) is 4.79 Å². The topological polar surface area (TPSA) is 80.0 Å². The van der Waals surface area contributed by atoms with Crippen LogP contribution in [0.1, 0.15) is 50.7 Å². The smallest absolute Gasteiger partial charge is 0.265 e. The molecule has 1 atom stereocenters. The van der Waals surface area contributed by atoms with Crippen molar-refractivity contribution in [2.45, 2.75) is 47.1 Å². The number of rotatable bonds is 7. The summed E-state index contributed by atoms with van der Waals surface area (Å²) in [5.74, 6) is 1.09. The molecular weight excluding hydrogens is 272 g/mol. The van der Waals surface area contributed by atoms with Gasteiger partial charge in [-0.1, -0.05) is 46.0 Å². The number of nitrogens with one attached hydrogen (secondary N) is 2. The molecule has 0 aromatic carbocycles. The van der Waals surface area contributed by atoms with Crippen LogP contribution in [0.2, 0.25) is 0 Å². The van der Waals surface area contributed by atoms with E-state index in [1.807, 2.05) is 0 Å².